The van der Waals surface area contributed by atoms with Crippen LogP contribution in [0.25, 0.3) is 0 Å². The number of anilines is 1. The van der Waals surface area contributed by atoms with Gasteiger partial charge in [0.1, 0.15) is 0 Å². The summed E-state index contributed by atoms with van der Waals surface area (Å²) in [7, 11) is 0. The summed E-state index contributed by atoms with van der Waals surface area (Å²) in [5, 5.41) is 2.27. The summed E-state index contributed by atoms with van der Waals surface area (Å²) in [6, 6.07) is 1.26. The SMILES string of the molecule is C[C@H](C(=O)Nc1ccc(F)c(F)c1F)N1CCOCC1. The molecule has 4 nitrogen and oxygen atoms in total. The Morgan fingerprint density at radius 2 is 1.90 bits per heavy atom. The van der Waals surface area contributed by atoms with Crippen LogP contribution in [0, 0.1) is 17.5 Å². The van der Waals surface area contributed by atoms with Crippen molar-refractivity contribution >= 4 is 11.6 Å². The van der Waals surface area contributed by atoms with Crippen molar-refractivity contribution in [2.24, 2.45) is 0 Å². The monoisotopic (exact) mass is 288 g/mol. The van der Waals surface area contributed by atoms with Crippen molar-refractivity contribution in [3.8, 4) is 0 Å². The number of benzene rings is 1. The molecule has 0 spiro atoms. The number of carbonyl (C=O) groups excluding carboxylic acids is 1. The molecule has 0 radical (unpaired) electrons. The van der Waals surface area contributed by atoms with E-state index < -0.39 is 29.4 Å². The van der Waals surface area contributed by atoms with Crippen LogP contribution in [0.3, 0.4) is 0 Å². The second-order valence-electron chi connectivity index (χ2n) is 4.54. The number of morpholine rings is 1. The highest BCUT2D eigenvalue weighted by Gasteiger charge is 2.24. The van der Waals surface area contributed by atoms with Gasteiger partial charge in [-0.25, -0.2) is 13.2 Å². The minimum absolute atomic E-state index is 0.367. The topological polar surface area (TPSA) is 41.6 Å². The Hall–Kier alpha value is -1.60. The van der Waals surface area contributed by atoms with E-state index >= 15 is 0 Å². The zero-order valence-corrected chi connectivity index (χ0v) is 11.0. The highest BCUT2D eigenvalue weighted by Crippen LogP contribution is 2.20. The molecule has 1 aliphatic heterocycles. The van der Waals surface area contributed by atoms with Crippen LogP contribution in [0.5, 0.6) is 0 Å². The van der Waals surface area contributed by atoms with Gasteiger partial charge in [-0.3, -0.25) is 9.69 Å². The molecular formula is C13H15F3N2O2. The van der Waals surface area contributed by atoms with E-state index in [1.165, 1.54) is 0 Å². The molecule has 2 rings (SSSR count). The van der Waals surface area contributed by atoms with Crippen LogP contribution >= 0.6 is 0 Å². The molecule has 0 aromatic heterocycles. The largest absolute Gasteiger partial charge is 0.379 e. The lowest BCUT2D eigenvalue weighted by Gasteiger charge is -2.31. The number of ether oxygens (including phenoxy) is 1. The average Bonchev–Trinajstić information content (AvgIpc) is 2.48. The number of hydrogen-bond acceptors (Lipinski definition) is 3. The molecule has 0 aliphatic carbocycles. The Morgan fingerprint density at radius 1 is 1.25 bits per heavy atom. The molecule has 0 bridgehead atoms. The lowest BCUT2D eigenvalue weighted by Crippen LogP contribution is -2.47. The lowest BCUT2D eigenvalue weighted by molar-refractivity contribution is -0.122. The Labute approximate surface area is 114 Å². The summed E-state index contributed by atoms with van der Waals surface area (Å²) in [5.74, 6) is -4.76. The van der Waals surface area contributed by atoms with Crippen molar-refractivity contribution in [3.63, 3.8) is 0 Å². The molecule has 0 saturated carbocycles. The molecule has 1 aromatic rings. The maximum atomic E-state index is 13.5. The number of amides is 1. The third-order valence-corrected chi connectivity index (χ3v) is 3.27. The van der Waals surface area contributed by atoms with Crippen LogP contribution in [-0.2, 0) is 9.53 Å². The number of hydrogen-bond donors (Lipinski definition) is 1. The van der Waals surface area contributed by atoms with Gasteiger partial charge in [-0.2, -0.15) is 0 Å². The molecule has 20 heavy (non-hydrogen) atoms. The molecule has 1 N–H and O–H groups in total. The highest BCUT2D eigenvalue weighted by atomic mass is 19.2. The first-order chi connectivity index (χ1) is 9.50. The third-order valence-electron chi connectivity index (χ3n) is 3.27. The summed E-state index contributed by atoms with van der Waals surface area (Å²) < 4.78 is 44.5. The van der Waals surface area contributed by atoms with Crippen molar-refractivity contribution in [1.29, 1.82) is 0 Å². The molecule has 1 aromatic carbocycles. The van der Waals surface area contributed by atoms with E-state index in [-0.39, 0.29) is 5.69 Å². The van der Waals surface area contributed by atoms with Crippen LogP contribution in [0.4, 0.5) is 18.9 Å². The fourth-order valence-electron chi connectivity index (χ4n) is 1.99. The van der Waals surface area contributed by atoms with E-state index in [4.69, 9.17) is 4.74 Å². The molecule has 1 fully saturated rings. The summed E-state index contributed by atoms with van der Waals surface area (Å²) in [4.78, 5) is 13.9. The first-order valence-electron chi connectivity index (χ1n) is 6.27. The first kappa shape index (κ1) is 14.8. The van der Waals surface area contributed by atoms with Crippen LogP contribution in [-0.4, -0.2) is 43.2 Å². The van der Waals surface area contributed by atoms with Gasteiger partial charge >= 0.3 is 0 Å². The zero-order chi connectivity index (χ0) is 14.7. The van der Waals surface area contributed by atoms with Gasteiger partial charge in [-0.15, -0.1) is 0 Å². The van der Waals surface area contributed by atoms with Crippen molar-refractivity contribution in [3.05, 3.63) is 29.6 Å². The van der Waals surface area contributed by atoms with Crippen molar-refractivity contribution < 1.29 is 22.7 Å². The number of halogens is 3. The predicted octanol–water partition coefficient (Wildman–Crippen LogP) is 1.76. The van der Waals surface area contributed by atoms with Gasteiger partial charge in [0.05, 0.1) is 24.9 Å². The smallest absolute Gasteiger partial charge is 0.241 e. The minimum atomic E-state index is -1.60. The molecule has 0 unspecified atom stereocenters. The van der Waals surface area contributed by atoms with Gasteiger partial charge < -0.3 is 10.1 Å². The second-order valence-corrected chi connectivity index (χ2v) is 4.54. The van der Waals surface area contributed by atoms with Gasteiger partial charge in [0, 0.05) is 13.1 Å². The lowest BCUT2D eigenvalue weighted by atomic mass is 10.2. The molecule has 1 saturated heterocycles. The normalized spacial score (nSPS) is 17.8. The number of rotatable bonds is 3. The predicted molar refractivity (Wildman–Crippen MR) is 66.8 cm³/mol. The third kappa shape index (κ3) is 3.10. The highest BCUT2D eigenvalue weighted by molar-refractivity contribution is 5.94. The molecule has 7 heteroatoms. The molecule has 110 valence electrons. The molecule has 1 heterocycles. The van der Waals surface area contributed by atoms with E-state index in [1.54, 1.807) is 6.92 Å². The maximum absolute atomic E-state index is 13.5. The van der Waals surface area contributed by atoms with E-state index in [1.807, 2.05) is 4.90 Å². The van der Waals surface area contributed by atoms with Crippen molar-refractivity contribution in [2.45, 2.75) is 13.0 Å². The van der Waals surface area contributed by atoms with E-state index in [0.717, 1.165) is 12.1 Å². The number of carbonyl (C=O) groups is 1. The first-order valence-corrected chi connectivity index (χ1v) is 6.27. The molecule has 1 atom stereocenters. The van der Waals surface area contributed by atoms with Crippen LogP contribution in [0.2, 0.25) is 0 Å². The van der Waals surface area contributed by atoms with E-state index in [0.29, 0.717) is 26.3 Å². The molecule has 1 aliphatic rings. The fraction of sp³-hybridized carbons (Fsp3) is 0.462. The summed E-state index contributed by atoms with van der Waals surface area (Å²) >= 11 is 0. The fourth-order valence-corrected chi connectivity index (χ4v) is 1.99. The van der Waals surface area contributed by atoms with Crippen LogP contribution in [0.15, 0.2) is 12.1 Å². The Balaban J connectivity index is 2.05. The van der Waals surface area contributed by atoms with Crippen LogP contribution in [0.1, 0.15) is 6.92 Å². The van der Waals surface area contributed by atoms with E-state index in [9.17, 15) is 18.0 Å². The van der Waals surface area contributed by atoms with Gasteiger partial charge in [0.25, 0.3) is 0 Å². The van der Waals surface area contributed by atoms with Gasteiger partial charge in [-0.05, 0) is 19.1 Å². The van der Waals surface area contributed by atoms with Gasteiger partial charge in [0.15, 0.2) is 17.5 Å². The summed E-state index contributed by atoms with van der Waals surface area (Å²) in [6.45, 7) is 3.90. The minimum Gasteiger partial charge on any atom is -0.379 e. The van der Waals surface area contributed by atoms with Crippen LogP contribution < -0.4 is 5.32 Å². The Kier molecular flexibility index (Phi) is 4.61. The average molecular weight is 288 g/mol. The number of nitrogens with one attached hydrogen (secondary N) is 1. The zero-order valence-electron chi connectivity index (χ0n) is 11.0. The van der Waals surface area contributed by atoms with Crippen molar-refractivity contribution in [1.82, 2.24) is 4.90 Å². The number of nitrogens with zero attached hydrogens (tertiary/aromatic N) is 1. The molecular weight excluding hydrogens is 273 g/mol. The molecule has 1 amide bonds. The standard InChI is InChI=1S/C13H15F3N2O2/c1-8(18-4-6-20-7-5-18)13(19)17-10-3-2-9(14)11(15)12(10)16/h2-3,8H,4-7H2,1H3,(H,17,19)/t8-/m1/s1. The van der Waals surface area contributed by atoms with Gasteiger partial charge in [0.2, 0.25) is 5.91 Å². The quantitative estimate of drug-likeness (QED) is 0.862. The summed E-state index contributed by atoms with van der Waals surface area (Å²) in [5.41, 5.74) is -0.367. The Bertz CT molecular complexity index is 505. The van der Waals surface area contributed by atoms with E-state index in [2.05, 4.69) is 5.32 Å². The second kappa shape index (κ2) is 6.23. The van der Waals surface area contributed by atoms with Crippen molar-refractivity contribution in [2.75, 3.05) is 31.6 Å². The summed E-state index contributed by atoms with van der Waals surface area (Å²) in [6.07, 6.45) is 0. The maximum Gasteiger partial charge on any atom is 0.241 e. The van der Waals surface area contributed by atoms with Gasteiger partial charge in [-0.1, -0.05) is 0 Å². The Morgan fingerprint density at radius 3 is 2.55 bits per heavy atom.